The molecule has 3 aromatic carbocycles. The highest BCUT2D eigenvalue weighted by atomic mass is 19.4. The van der Waals surface area contributed by atoms with Gasteiger partial charge in [0.05, 0.1) is 23.9 Å². The summed E-state index contributed by atoms with van der Waals surface area (Å²) in [5.41, 5.74) is 1.45. The van der Waals surface area contributed by atoms with E-state index in [0.717, 1.165) is 24.6 Å². The number of hydrogen-bond donors (Lipinski definition) is 2. The Morgan fingerprint density at radius 3 is 2.36 bits per heavy atom. The fraction of sp³-hybridized carbons (Fsp3) is 0.207. The zero-order valence-corrected chi connectivity index (χ0v) is 20.0. The molecule has 4 rings (SSSR count). The van der Waals surface area contributed by atoms with Crippen molar-refractivity contribution in [2.24, 2.45) is 0 Å². The van der Waals surface area contributed by atoms with Gasteiger partial charge in [0.25, 0.3) is 0 Å². The van der Waals surface area contributed by atoms with Gasteiger partial charge >= 0.3 is 6.18 Å². The fourth-order valence-corrected chi connectivity index (χ4v) is 4.22. The van der Waals surface area contributed by atoms with Gasteiger partial charge in [-0.05, 0) is 35.2 Å². The van der Waals surface area contributed by atoms with E-state index in [9.17, 15) is 18.0 Å². The Morgan fingerprint density at radius 1 is 1.00 bits per heavy atom. The number of ether oxygens (including phenoxy) is 1. The zero-order chi connectivity index (χ0) is 25.7. The number of carbonyl (C=O) groups excluding carboxylic acids is 1. The Balaban J connectivity index is 1.84. The number of benzene rings is 3. The predicted octanol–water partition coefficient (Wildman–Crippen LogP) is 7.70. The van der Waals surface area contributed by atoms with Crippen LogP contribution in [-0.4, -0.2) is 17.9 Å². The summed E-state index contributed by atoms with van der Waals surface area (Å²) in [6.45, 7) is 2.07. The quantitative estimate of drug-likeness (QED) is 0.235. The van der Waals surface area contributed by atoms with E-state index in [-0.39, 0.29) is 5.69 Å². The number of aromatic nitrogens is 1. The van der Waals surface area contributed by atoms with Crippen molar-refractivity contribution >= 4 is 11.5 Å². The second-order valence-electron chi connectivity index (χ2n) is 8.48. The van der Waals surface area contributed by atoms with Crippen molar-refractivity contribution in [2.45, 2.75) is 32.0 Å². The Kier molecular flexibility index (Phi) is 7.48. The summed E-state index contributed by atoms with van der Waals surface area (Å²) >= 11 is 0. The SMILES string of the molecule is CCCc1ccc(C(Nc2cccc(OC)c2)C(=O)c2c(C(F)(F)F)c[nH]c2-c2ccccc2)cc1. The molecule has 1 atom stereocenters. The number of halogens is 3. The molecule has 0 fully saturated rings. The van der Waals surface area contributed by atoms with E-state index in [2.05, 4.69) is 17.2 Å². The highest BCUT2D eigenvalue weighted by Crippen LogP contribution is 2.39. The van der Waals surface area contributed by atoms with Gasteiger partial charge in [0, 0.05) is 18.0 Å². The summed E-state index contributed by atoms with van der Waals surface area (Å²) in [6, 6.07) is 21.8. The van der Waals surface area contributed by atoms with Gasteiger partial charge in [-0.15, -0.1) is 0 Å². The molecule has 7 heteroatoms. The van der Waals surface area contributed by atoms with Gasteiger partial charge in [-0.2, -0.15) is 13.2 Å². The molecule has 0 saturated carbocycles. The first-order chi connectivity index (χ1) is 17.3. The smallest absolute Gasteiger partial charge is 0.418 e. The molecule has 0 aliphatic rings. The summed E-state index contributed by atoms with van der Waals surface area (Å²) in [7, 11) is 1.52. The highest BCUT2D eigenvalue weighted by Gasteiger charge is 2.40. The molecule has 186 valence electrons. The van der Waals surface area contributed by atoms with E-state index >= 15 is 0 Å². The van der Waals surface area contributed by atoms with Crippen LogP contribution in [-0.2, 0) is 12.6 Å². The molecule has 0 radical (unpaired) electrons. The lowest BCUT2D eigenvalue weighted by Crippen LogP contribution is -2.24. The van der Waals surface area contributed by atoms with E-state index in [1.54, 1.807) is 66.7 Å². The Bertz CT molecular complexity index is 1310. The maximum atomic E-state index is 14.1. The van der Waals surface area contributed by atoms with Crippen LogP contribution in [0.2, 0.25) is 0 Å². The topological polar surface area (TPSA) is 54.1 Å². The van der Waals surface area contributed by atoms with Gasteiger partial charge in [0.1, 0.15) is 11.8 Å². The van der Waals surface area contributed by atoms with Crippen molar-refractivity contribution in [2.75, 3.05) is 12.4 Å². The first-order valence-electron chi connectivity index (χ1n) is 11.7. The third-order valence-electron chi connectivity index (χ3n) is 5.99. The minimum atomic E-state index is -4.71. The second-order valence-corrected chi connectivity index (χ2v) is 8.48. The number of aryl methyl sites for hydroxylation is 1. The van der Waals surface area contributed by atoms with Crippen molar-refractivity contribution < 1.29 is 22.7 Å². The normalized spacial score (nSPS) is 12.2. The molecule has 0 amide bonds. The standard InChI is InChI=1S/C29H27F3N2O2/c1-3-8-19-13-15-21(16-14-19)27(34-22-11-7-12-23(17-22)36-2)28(35)25-24(29(30,31)32)18-33-26(25)20-9-5-4-6-10-20/h4-7,9-18,27,33-34H,3,8H2,1-2H3. The molecule has 1 aromatic heterocycles. The third kappa shape index (κ3) is 5.46. The van der Waals surface area contributed by atoms with E-state index in [4.69, 9.17) is 4.74 Å². The van der Waals surface area contributed by atoms with Crippen LogP contribution in [0, 0.1) is 0 Å². The van der Waals surface area contributed by atoms with Crippen LogP contribution in [0.15, 0.2) is 85.1 Å². The number of hydrogen-bond acceptors (Lipinski definition) is 3. The van der Waals surface area contributed by atoms with Crippen molar-refractivity contribution in [3.05, 3.63) is 107 Å². The number of H-pyrrole nitrogens is 1. The van der Waals surface area contributed by atoms with Gasteiger partial charge in [0.15, 0.2) is 5.78 Å². The number of nitrogens with one attached hydrogen (secondary N) is 2. The van der Waals surface area contributed by atoms with Crippen LogP contribution in [0.1, 0.15) is 46.4 Å². The average Bonchev–Trinajstić information content (AvgIpc) is 3.34. The minimum absolute atomic E-state index is 0.132. The van der Waals surface area contributed by atoms with Crippen LogP contribution in [0.3, 0.4) is 0 Å². The van der Waals surface area contributed by atoms with Gasteiger partial charge in [-0.25, -0.2) is 0 Å². The molecule has 0 bridgehead atoms. The number of Topliss-reactive ketones (excluding diaryl/α,β-unsaturated/α-hetero) is 1. The number of anilines is 1. The molecule has 0 saturated heterocycles. The fourth-order valence-electron chi connectivity index (χ4n) is 4.22. The first kappa shape index (κ1) is 25.1. The van der Waals surface area contributed by atoms with Crippen molar-refractivity contribution in [3.8, 4) is 17.0 Å². The number of alkyl halides is 3. The van der Waals surface area contributed by atoms with E-state index < -0.39 is 29.1 Å². The summed E-state index contributed by atoms with van der Waals surface area (Å²) < 4.78 is 47.5. The Labute approximate surface area is 208 Å². The molecule has 0 aliphatic carbocycles. The summed E-state index contributed by atoms with van der Waals surface area (Å²) in [6.07, 6.45) is -2.01. The minimum Gasteiger partial charge on any atom is -0.497 e. The highest BCUT2D eigenvalue weighted by molar-refractivity contribution is 6.08. The lowest BCUT2D eigenvalue weighted by Gasteiger charge is -2.22. The predicted molar refractivity (Wildman–Crippen MR) is 135 cm³/mol. The number of aromatic amines is 1. The maximum absolute atomic E-state index is 14.1. The number of rotatable bonds is 9. The summed E-state index contributed by atoms with van der Waals surface area (Å²) in [5.74, 6) is -0.124. The van der Waals surface area contributed by atoms with Crippen molar-refractivity contribution in [3.63, 3.8) is 0 Å². The molecule has 4 nitrogen and oxygen atoms in total. The molecule has 2 N–H and O–H groups in total. The van der Waals surface area contributed by atoms with Crippen LogP contribution < -0.4 is 10.1 Å². The summed E-state index contributed by atoms with van der Waals surface area (Å²) in [4.78, 5) is 16.7. The van der Waals surface area contributed by atoms with Crippen molar-refractivity contribution in [1.82, 2.24) is 4.98 Å². The largest absolute Gasteiger partial charge is 0.497 e. The molecule has 36 heavy (non-hydrogen) atoms. The van der Waals surface area contributed by atoms with Gasteiger partial charge < -0.3 is 15.0 Å². The van der Waals surface area contributed by atoms with Crippen LogP contribution in [0.25, 0.3) is 11.3 Å². The monoisotopic (exact) mass is 492 g/mol. The van der Waals surface area contributed by atoms with Crippen LogP contribution >= 0.6 is 0 Å². The van der Waals surface area contributed by atoms with Crippen LogP contribution in [0.4, 0.5) is 18.9 Å². The molecule has 0 aliphatic heterocycles. The number of methoxy groups -OCH3 is 1. The van der Waals surface area contributed by atoms with E-state index in [1.165, 1.54) is 7.11 Å². The van der Waals surface area contributed by atoms with Crippen molar-refractivity contribution in [1.29, 1.82) is 0 Å². The Morgan fingerprint density at radius 2 is 1.72 bits per heavy atom. The second kappa shape index (κ2) is 10.7. The molecule has 4 aromatic rings. The lowest BCUT2D eigenvalue weighted by atomic mass is 9.92. The third-order valence-corrected chi connectivity index (χ3v) is 5.99. The molecular weight excluding hydrogens is 465 g/mol. The van der Waals surface area contributed by atoms with E-state index in [0.29, 0.717) is 22.6 Å². The van der Waals surface area contributed by atoms with Gasteiger partial charge in [-0.1, -0.05) is 74.0 Å². The van der Waals surface area contributed by atoms with Gasteiger partial charge in [-0.3, -0.25) is 4.79 Å². The van der Waals surface area contributed by atoms with E-state index in [1.807, 2.05) is 12.1 Å². The molecule has 1 heterocycles. The van der Waals surface area contributed by atoms with Gasteiger partial charge in [0.2, 0.25) is 0 Å². The summed E-state index contributed by atoms with van der Waals surface area (Å²) in [5, 5.41) is 3.16. The zero-order valence-electron chi connectivity index (χ0n) is 20.0. The average molecular weight is 493 g/mol. The Hall–Kier alpha value is -4.00. The molecule has 1 unspecified atom stereocenters. The first-order valence-corrected chi connectivity index (χ1v) is 11.7. The number of carbonyl (C=O) groups is 1. The number of ketones is 1. The van der Waals surface area contributed by atoms with Crippen LogP contribution in [0.5, 0.6) is 5.75 Å². The molecule has 0 spiro atoms. The maximum Gasteiger partial charge on any atom is 0.418 e. The lowest BCUT2D eigenvalue weighted by molar-refractivity contribution is -0.137. The molecular formula is C29H27F3N2O2.